The molecule has 0 saturated carbocycles. The number of benzene rings is 3. The van der Waals surface area contributed by atoms with Crippen LogP contribution in [0.5, 0.6) is 5.75 Å². The number of sulfonamides is 1. The van der Waals surface area contributed by atoms with Gasteiger partial charge in [0.05, 0.1) is 5.02 Å². The lowest BCUT2D eigenvalue weighted by Crippen LogP contribution is -2.47. The number of nitrogens with zero attached hydrogens (tertiary/aromatic N) is 5. The molecule has 0 spiro atoms. The first-order valence-electron chi connectivity index (χ1n) is 17.2. The molecule has 0 unspecified atom stereocenters. The maximum absolute atomic E-state index is 14.1. The number of para-hydroxylation sites is 1. The van der Waals surface area contributed by atoms with E-state index in [4.69, 9.17) is 33.7 Å². The normalized spacial score (nSPS) is 14.9. The van der Waals surface area contributed by atoms with Crippen molar-refractivity contribution in [2.24, 2.45) is 10.9 Å². The van der Waals surface area contributed by atoms with E-state index in [1.54, 1.807) is 44.4 Å². The highest BCUT2D eigenvalue weighted by Gasteiger charge is 2.41. The van der Waals surface area contributed by atoms with Crippen LogP contribution in [-0.4, -0.2) is 90.9 Å². The Morgan fingerprint density at radius 3 is 2.39 bits per heavy atom. The molecule has 1 fully saturated rings. The summed E-state index contributed by atoms with van der Waals surface area (Å²) in [6.45, 7) is 5.76. The number of carbonyl (C=O) groups excluding carboxylic acids is 3. The van der Waals surface area contributed by atoms with Gasteiger partial charge < -0.3 is 25.1 Å². The number of amidine groups is 1. The number of pyridine rings is 1. The zero-order chi connectivity index (χ0) is 39.3. The third-order valence-electron chi connectivity index (χ3n) is 9.15. The first kappa shape index (κ1) is 40.4. The molecule has 13 nitrogen and oxygen atoms in total. The molecule has 286 valence electrons. The van der Waals surface area contributed by atoms with Gasteiger partial charge in [0.2, 0.25) is 15.9 Å². The first-order valence-corrected chi connectivity index (χ1v) is 19.4. The monoisotopic (exact) mass is 796 g/mol. The molecule has 0 radical (unpaired) electrons. The Balaban J connectivity index is 1.22. The highest BCUT2D eigenvalue weighted by atomic mass is 35.5. The first-order chi connectivity index (χ1) is 25.6. The van der Waals surface area contributed by atoms with E-state index in [0.29, 0.717) is 53.8 Å². The highest BCUT2D eigenvalue weighted by Crippen LogP contribution is 2.37. The molecule has 1 atom stereocenters. The van der Waals surface area contributed by atoms with E-state index < -0.39 is 22.0 Å². The van der Waals surface area contributed by atoms with Crippen LogP contribution in [0, 0.1) is 13.8 Å². The maximum Gasteiger partial charge on any atom is 0.332 e. The average Bonchev–Trinajstić information content (AvgIpc) is 3.64. The van der Waals surface area contributed by atoms with Gasteiger partial charge >= 0.3 is 5.97 Å². The van der Waals surface area contributed by atoms with Crippen molar-refractivity contribution in [1.29, 1.82) is 0 Å². The second-order valence-electron chi connectivity index (χ2n) is 13.1. The van der Waals surface area contributed by atoms with E-state index in [9.17, 15) is 22.8 Å². The molecule has 0 bridgehead atoms. The minimum absolute atomic E-state index is 0.00897. The van der Waals surface area contributed by atoms with Gasteiger partial charge in [0.1, 0.15) is 28.8 Å². The highest BCUT2D eigenvalue weighted by molar-refractivity contribution is 7.89. The third kappa shape index (κ3) is 8.95. The predicted octanol–water partition coefficient (Wildman–Crippen LogP) is 5.69. The van der Waals surface area contributed by atoms with Crippen molar-refractivity contribution in [1.82, 2.24) is 19.1 Å². The van der Waals surface area contributed by atoms with Gasteiger partial charge in [-0.05, 0) is 75.1 Å². The molecule has 2 heterocycles. The number of rotatable bonds is 13. The summed E-state index contributed by atoms with van der Waals surface area (Å²) in [6, 6.07) is 15.8. The second-order valence-corrected chi connectivity index (χ2v) is 15.8. The number of hydrogen-bond acceptors (Lipinski definition) is 9. The van der Waals surface area contributed by atoms with Crippen molar-refractivity contribution in [2.75, 3.05) is 33.7 Å². The quantitative estimate of drug-likeness (QED) is 0.0774. The topological polar surface area (TPSA) is 165 Å². The molecule has 0 aliphatic carbocycles. The molecule has 16 heteroatoms. The van der Waals surface area contributed by atoms with Gasteiger partial charge in [-0.15, -0.1) is 0 Å². The minimum atomic E-state index is -4.22. The van der Waals surface area contributed by atoms with Crippen LogP contribution in [0.4, 0.5) is 0 Å². The van der Waals surface area contributed by atoms with Crippen molar-refractivity contribution in [3.05, 3.63) is 98.7 Å². The number of likely N-dealkylation sites (N-methyl/N-ethyl adjacent to an activating group) is 1. The Morgan fingerprint density at radius 2 is 1.69 bits per heavy atom. The number of aryl methyl sites for hydroxylation is 2. The standard InChI is InChI=1S/C38H42Cl2N6O7S/c1-23-21-24(2)42-35-28(23)9-6-11-32(35)52-22-29-30(39)16-17-33(34(29)40)54(50,51)46-20-7-10-31(46)38(49)45(5)19-8-18-44(4)37(48)27-14-12-26(13-15-27)36(41)43-53-25(3)47/h6,9,11-17,21,31H,7-8,10,18-20,22H2,1-5H3,(H2,41,43)/t31-/m0/s1. The predicted molar refractivity (Wildman–Crippen MR) is 207 cm³/mol. The van der Waals surface area contributed by atoms with Gasteiger partial charge in [0.25, 0.3) is 5.91 Å². The number of halogens is 2. The van der Waals surface area contributed by atoms with Gasteiger partial charge in [-0.1, -0.05) is 52.6 Å². The largest absolute Gasteiger partial charge is 0.487 e. The SMILES string of the molecule is CC(=O)O/N=C(\N)c1ccc(C(=O)N(C)CCCN(C)C(=O)[C@@H]2CCCN2S(=O)(=O)c2ccc(Cl)c(COc3cccc4c(C)cc(C)nc34)c2Cl)cc1. The lowest BCUT2D eigenvalue weighted by Gasteiger charge is -2.28. The van der Waals surface area contributed by atoms with E-state index in [1.165, 1.54) is 33.2 Å². The Kier molecular flexibility index (Phi) is 12.8. The molecule has 1 aliphatic heterocycles. The number of carbonyl (C=O) groups is 3. The summed E-state index contributed by atoms with van der Waals surface area (Å²) in [4.78, 5) is 49.7. The van der Waals surface area contributed by atoms with E-state index in [-0.39, 0.29) is 52.3 Å². The Bertz CT molecular complexity index is 2220. The Morgan fingerprint density at radius 1 is 1.00 bits per heavy atom. The summed E-state index contributed by atoms with van der Waals surface area (Å²) in [5.41, 5.74) is 9.55. The maximum atomic E-state index is 14.1. The average molecular weight is 798 g/mol. The smallest absolute Gasteiger partial charge is 0.332 e. The fourth-order valence-corrected chi connectivity index (χ4v) is 8.83. The molecule has 1 aromatic heterocycles. The van der Waals surface area contributed by atoms with Gasteiger partial charge in [0.15, 0.2) is 5.84 Å². The van der Waals surface area contributed by atoms with Crippen LogP contribution in [0.25, 0.3) is 10.9 Å². The Labute approximate surface area is 324 Å². The summed E-state index contributed by atoms with van der Waals surface area (Å²) in [6.07, 6.45) is 1.29. The third-order valence-corrected chi connectivity index (χ3v) is 12.0. The molecule has 54 heavy (non-hydrogen) atoms. The fraction of sp³-hybridized carbons (Fsp3) is 0.342. The zero-order valence-electron chi connectivity index (χ0n) is 30.6. The lowest BCUT2D eigenvalue weighted by atomic mass is 10.1. The van der Waals surface area contributed by atoms with Crippen LogP contribution in [-0.2, 0) is 31.1 Å². The molecule has 4 aromatic rings. The molecule has 3 aromatic carbocycles. The Hall–Kier alpha value is -4.76. The number of amides is 2. The summed E-state index contributed by atoms with van der Waals surface area (Å²) in [7, 11) is -0.956. The number of fused-ring (bicyclic) bond motifs is 1. The van der Waals surface area contributed by atoms with E-state index >= 15 is 0 Å². The number of oxime groups is 1. The van der Waals surface area contributed by atoms with Crippen LogP contribution < -0.4 is 10.5 Å². The van der Waals surface area contributed by atoms with Crippen molar-refractivity contribution < 1.29 is 32.4 Å². The fourth-order valence-electron chi connectivity index (χ4n) is 6.31. The van der Waals surface area contributed by atoms with Crippen LogP contribution in [0.3, 0.4) is 0 Å². The number of ether oxygens (including phenoxy) is 1. The van der Waals surface area contributed by atoms with Crippen molar-refractivity contribution >= 4 is 67.7 Å². The van der Waals surface area contributed by atoms with E-state index in [1.807, 2.05) is 32.0 Å². The van der Waals surface area contributed by atoms with E-state index in [0.717, 1.165) is 16.6 Å². The molecule has 1 saturated heterocycles. The second kappa shape index (κ2) is 17.1. The zero-order valence-corrected chi connectivity index (χ0v) is 33.0. The number of aromatic nitrogens is 1. The molecular weight excluding hydrogens is 755 g/mol. The summed E-state index contributed by atoms with van der Waals surface area (Å²) < 4.78 is 35.6. The van der Waals surface area contributed by atoms with Gasteiger partial charge in [-0.25, -0.2) is 18.2 Å². The summed E-state index contributed by atoms with van der Waals surface area (Å²) in [5.74, 6) is -0.707. The minimum Gasteiger partial charge on any atom is -0.487 e. The van der Waals surface area contributed by atoms with Crippen molar-refractivity contribution in [2.45, 2.75) is 57.6 Å². The molecule has 1 aliphatic rings. The van der Waals surface area contributed by atoms with Crippen LogP contribution in [0.1, 0.15) is 58.9 Å². The molecule has 2 N–H and O–H groups in total. The van der Waals surface area contributed by atoms with Gasteiger partial charge in [-0.3, -0.25) is 9.59 Å². The van der Waals surface area contributed by atoms with Crippen LogP contribution in [0.2, 0.25) is 10.0 Å². The van der Waals surface area contributed by atoms with Gasteiger partial charge in [0, 0.05) is 73.4 Å². The van der Waals surface area contributed by atoms with Gasteiger partial charge in [-0.2, -0.15) is 4.31 Å². The van der Waals surface area contributed by atoms with Crippen molar-refractivity contribution in [3.63, 3.8) is 0 Å². The lowest BCUT2D eigenvalue weighted by molar-refractivity contribution is -0.141. The van der Waals surface area contributed by atoms with E-state index in [2.05, 4.69) is 15.0 Å². The van der Waals surface area contributed by atoms with Crippen LogP contribution in [0.15, 0.2) is 70.7 Å². The number of nitrogens with two attached hydrogens (primary N) is 1. The molecule has 5 rings (SSSR count). The molecule has 2 amide bonds. The van der Waals surface area contributed by atoms with Crippen LogP contribution >= 0.6 is 23.2 Å². The number of hydrogen-bond donors (Lipinski definition) is 1. The summed E-state index contributed by atoms with van der Waals surface area (Å²) >= 11 is 13.3. The molecular formula is C38H42Cl2N6O7S. The van der Waals surface area contributed by atoms with Crippen molar-refractivity contribution in [3.8, 4) is 5.75 Å². The summed E-state index contributed by atoms with van der Waals surface area (Å²) in [5, 5.41) is 4.64.